The highest BCUT2D eigenvalue weighted by atomic mass is 35.5. The van der Waals surface area contributed by atoms with E-state index in [4.69, 9.17) is 25.8 Å². The number of carbonyl (C=O) groups excluding carboxylic acids is 2. The number of aliphatic imine (C=N–C) groups is 1. The second-order valence-electron chi connectivity index (χ2n) is 16.4. The van der Waals surface area contributed by atoms with E-state index in [2.05, 4.69) is 48.5 Å². The minimum Gasteiger partial charge on any atom is -0.490 e. The van der Waals surface area contributed by atoms with Crippen molar-refractivity contribution in [2.75, 3.05) is 57.7 Å². The van der Waals surface area contributed by atoms with Gasteiger partial charge in [0.1, 0.15) is 16.9 Å². The molecule has 2 aromatic carbocycles. The van der Waals surface area contributed by atoms with Gasteiger partial charge in [-0.25, -0.2) is 9.20 Å². The number of ether oxygens (including phenoxy) is 3. The Labute approximate surface area is 334 Å². The third-order valence-electron chi connectivity index (χ3n) is 12.5. The number of nitrogens with zero attached hydrogens (tertiary/aromatic N) is 6. The Balaban J connectivity index is 1.20. The van der Waals surface area contributed by atoms with Crippen molar-refractivity contribution in [2.24, 2.45) is 34.2 Å². The van der Waals surface area contributed by atoms with Gasteiger partial charge in [0, 0.05) is 74.3 Å². The summed E-state index contributed by atoms with van der Waals surface area (Å²) in [7, 11) is 1.42. The van der Waals surface area contributed by atoms with Crippen molar-refractivity contribution in [3.63, 3.8) is 0 Å². The van der Waals surface area contributed by atoms with Crippen molar-refractivity contribution in [3.8, 4) is 11.6 Å². The molecule has 1 aromatic heterocycles. The molecule has 12 nitrogen and oxygen atoms in total. The van der Waals surface area contributed by atoms with Gasteiger partial charge in [0.25, 0.3) is 11.8 Å². The average molecular weight is 803 g/mol. The summed E-state index contributed by atoms with van der Waals surface area (Å²) in [5.41, 5.74) is 4.61. The van der Waals surface area contributed by atoms with E-state index in [1.807, 2.05) is 25.1 Å². The maximum absolute atomic E-state index is 14.7. The van der Waals surface area contributed by atoms with Crippen molar-refractivity contribution in [1.29, 1.82) is 0 Å². The van der Waals surface area contributed by atoms with E-state index in [1.165, 1.54) is 29.1 Å². The summed E-state index contributed by atoms with van der Waals surface area (Å²) in [5.74, 6) is 0.305. The number of aryl methyl sites for hydroxylation is 2. The first-order valence-electron chi connectivity index (χ1n) is 19.7. The van der Waals surface area contributed by atoms with E-state index >= 15 is 0 Å². The molecule has 2 aliphatic carbocycles. The van der Waals surface area contributed by atoms with Gasteiger partial charge in [-0.1, -0.05) is 36.7 Å². The molecule has 2 unspecified atom stereocenters. The van der Waals surface area contributed by atoms with Crippen molar-refractivity contribution < 1.29 is 28.0 Å². The van der Waals surface area contributed by atoms with E-state index in [1.54, 1.807) is 20.2 Å². The summed E-state index contributed by atoms with van der Waals surface area (Å²) in [6, 6.07) is 11.9. The summed E-state index contributed by atoms with van der Waals surface area (Å²) in [5, 5.41) is 4.88. The molecule has 1 spiro atoms. The number of halogens is 1. The van der Waals surface area contributed by atoms with Crippen molar-refractivity contribution >= 4 is 44.4 Å². The van der Waals surface area contributed by atoms with Crippen molar-refractivity contribution in [1.82, 2.24) is 14.7 Å². The topological polar surface area (TPSA) is 128 Å². The van der Waals surface area contributed by atoms with Gasteiger partial charge in [-0.15, -0.1) is 5.10 Å². The highest BCUT2D eigenvalue weighted by Crippen LogP contribution is 2.47. The molecule has 3 aromatic rings. The Morgan fingerprint density at radius 2 is 1.98 bits per heavy atom. The second-order valence-corrected chi connectivity index (χ2v) is 18.9. The van der Waals surface area contributed by atoms with Crippen LogP contribution in [0.2, 0.25) is 5.02 Å². The Bertz CT molecular complexity index is 2190. The molecule has 298 valence electrons. The van der Waals surface area contributed by atoms with Crippen LogP contribution in [0.25, 0.3) is 0 Å². The number of carbonyl (C=O) groups is 2. The molecule has 1 saturated carbocycles. The van der Waals surface area contributed by atoms with Gasteiger partial charge in [0.15, 0.2) is 0 Å². The van der Waals surface area contributed by atoms with Gasteiger partial charge in [-0.05, 0) is 97.7 Å². The van der Waals surface area contributed by atoms with E-state index in [0.717, 1.165) is 74.5 Å². The summed E-state index contributed by atoms with van der Waals surface area (Å²) >= 11 is 6.50. The highest BCUT2D eigenvalue weighted by Gasteiger charge is 2.46. The molecule has 14 heteroatoms. The summed E-state index contributed by atoms with van der Waals surface area (Å²) < 4.78 is 38.2. The van der Waals surface area contributed by atoms with Crippen LogP contribution in [0.5, 0.6) is 11.6 Å². The number of likely N-dealkylation sites (tertiary alicyclic amines) is 1. The Kier molecular flexibility index (Phi) is 10.9. The third kappa shape index (κ3) is 7.67. The number of fused-ring (bicyclic) bond motifs is 4. The molecule has 3 aliphatic heterocycles. The van der Waals surface area contributed by atoms with Crippen LogP contribution in [0.15, 0.2) is 64.1 Å². The zero-order valence-electron chi connectivity index (χ0n) is 32.6. The van der Waals surface area contributed by atoms with E-state index in [-0.39, 0.29) is 40.7 Å². The quantitative estimate of drug-likeness (QED) is 0.165. The number of amides is 2. The largest absolute Gasteiger partial charge is 0.490 e. The number of hydrogen-bond donors (Lipinski definition) is 0. The minimum atomic E-state index is -3.45. The van der Waals surface area contributed by atoms with Gasteiger partial charge < -0.3 is 19.1 Å². The van der Waals surface area contributed by atoms with E-state index in [9.17, 15) is 13.8 Å². The van der Waals surface area contributed by atoms with Crippen LogP contribution in [0.4, 0.5) is 5.69 Å². The lowest BCUT2D eigenvalue weighted by Crippen LogP contribution is -2.60. The predicted octanol–water partition coefficient (Wildman–Crippen LogP) is 6.35. The van der Waals surface area contributed by atoms with Gasteiger partial charge in [-0.2, -0.15) is 4.36 Å². The Morgan fingerprint density at radius 1 is 1.14 bits per heavy atom. The fraction of sp³-hybridized carbons (Fsp3) is 0.524. The molecule has 0 radical (unpaired) electrons. The smallest absolute Gasteiger partial charge is 0.285 e. The second kappa shape index (κ2) is 15.7. The summed E-state index contributed by atoms with van der Waals surface area (Å²) in [6.07, 6.45) is 12.1. The van der Waals surface area contributed by atoms with Gasteiger partial charge in [0.05, 0.1) is 35.2 Å². The molecular weight excluding hydrogens is 752 g/mol. The molecule has 56 heavy (non-hydrogen) atoms. The SMILES string of the molecule is COc1nn(C)cc1C(=O)N=CS1(=O)=NC(=O)c2ccc3c(c2)N(C[C@@H]2CC[C@H]2C(N2CC(OC)C2)/C=C/C[C@H](C)C1)C[C@@]1(CCCc2cc(Cl)ccc21)CO3. The lowest BCUT2D eigenvalue weighted by molar-refractivity contribution is -0.0675. The van der Waals surface area contributed by atoms with Crippen molar-refractivity contribution in [3.05, 3.63) is 82.0 Å². The Hall–Kier alpha value is -4.04. The standard InChI is InChI=1S/C42H51ClN6O6S/c1-27-7-5-9-36(48-20-32(21-48)53-3)33-13-10-30(33)19-49-24-42(16-6-8-28-17-31(43)12-14-35(28)42)25-55-38-15-11-29(18-37(38)49)39(50)46-56(52,23-27)26-44-40(51)34-22-47(2)45-41(34)54-4/h5,9,11-12,14-15,17-18,22,26-27,30,32-33,36H,6-8,10,13,16,19-21,23-25H2,1-4H3/b9-5+,44-26?/t27-,30-,33+,36?,42-,56?/m0/s1. The fourth-order valence-electron chi connectivity index (χ4n) is 9.39. The van der Waals surface area contributed by atoms with E-state index < -0.39 is 21.5 Å². The average Bonchev–Trinajstić information content (AvgIpc) is 3.46. The highest BCUT2D eigenvalue weighted by molar-refractivity contribution is 8.06. The number of benzene rings is 2. The maximum Gasteiger partial charge on any atom is 0.285 e. The maximum atomic E-state index is 14.7. The molecule has 6 atom stereocenters. The Morgan fingerprint density at radius 3 is 2.75 bits per heavy atom. The van der Waals surface area contributed by atoms with Gasteiger partial charge >= 0.3 is 0 Å². The van der Waals surface area contributed by atoms with Crippen LogP contribution in [-0.4, -0.2) is 101 Å². The molecular formula is C42H51ClN6O6S. The first-order chi connectivity index (χ1) is 27.0. The number of rotatable bonds is 5. The first-order valence-corrected chi connectivity index (χ1v) is 21.8. The number of hydrogen-bond acceptors (Lipinski definition) is 9. The molecule has 0 N–H and O–H groups in total. The normalized spacial score (nSPS) is 30.3. The van der Waals surface area contributed by atoms with Crippen LogP contribution in [0, 0.1) is 17.8 Å². The lowest BCUT2D eigenvalue weighted by atomic mass is 9.67. The minimum absolute atomic E-state index is 0.0440. The van der Waals surface area contributed by atoms with Gasteiger partial charge in [0.2, 0.25) is 5.88 Å². The molecule has 1 saturated heterocycles. The molecule has 2 bridgehead atoms. The van der Waals surface area contributed by atoms with Crippen LogP contribution in [0.1, 0.15) is 70.9 Å². The van der Waals surface area contributed by atoms with Crippen LogP contribution in [-0.2, 0) is 33.3 Å². The molecule has 8 rings (SSSR count). The lowest BCUT2D eigenvalue weighted by Gasteiger charge is -2.52. The number of methoxy groups -OCH3 is 2. The number of allylic oxidation sites excluding steroid dienone is 1. The van der Waals surface area contributed by atoms with Crippen LogP contribution in [0.3, 0.4) is 0 Å². The molecule has 4 heterocycles. The monoisotopic (exact) mass is 802 g/mol. The van der Waals surface area contributed by atoms with Crippen LogP contribution < -0.4 is 14.4 Å². The third-order valence-corrected chi connectivity index (χ3v) is 14.7. The van der Waals surface area contributed by atoms with E-state index in [0.29, 0.717) is 36.2 Å². The fourth-order valence-corrected chi connectivity index (χ4v) is 11.4. The van der Waals surface area contributed by atoms with Crippen LogP contribution >= 0.6 is 11.6 Å². The molecule has 2 amide bonds. The predicted molar refractivity (Wildman–Crippen MR) is 218 cm³/mol. The zero-order valence-corrected chi connectivity index (χ0v) is 34.1. The summed E-state index contributed by atoms with van der Waals surface area (Å²) in [4.78, 5) is 36.4. The van der Waals surface area contributed by atoms with Crippen molar-refractivity contribution in [2.45, 2.75) is 63.0 Å². The molecule has 2 fully saturated rings. The first kappa shape index (κ1) is 38.8. The molecule has 5 aliphatic rings. The number of aromatic nitrogens is 2. The number of anilines is 1. The summed E-state index contributed by atoms with van der Waals surface area (Å²) in [6.45, 7) is 5.81. The van der Waals surface area contributed by atoms with Gasteiger partial charge in [-0.3, -0.25) is 19.2 Å². The zero-order chi connectivity index (χ0) is 39.2.